The van der Waals surface area contributed by atoms with Crippen LogP contribution in [0, 0.1) is 0 Å². The molecule has 0 radical (unpaired) electrons. The topological polar surface area (TPSA) is 37.3 Å². The minimum Gasteiger partial charge on any atom is -0.322 e. The monoisotopic (exact) mass is 262 g/mol. The van der Waals surface area contributed by atoms with Gasteiger partial charge in [-0.2, -0.15) is 0 Å². The SMILES string of the molecule is O=P(O)(Cl)Cl.c1ccc2ccccc2c1. The predicted molar refractivity (Wildman–Crippen MR) is 65.5 cm³/mol. The first-order chi connectivity index (χ1) is 6.97. The van der Waals surface area contributed by atoms with Crippen molar-refractivity contribution in [1.82, 2.24) is 0 Å². The molecule has 2 aromatic carbocycles. The van der Waals surface area contributed by atoms with Gasteiger partial charge in [0.15, 0.2) is 0 Å². The predicted octanol–water partition coefficient (Wildman–Crippen LogP) is 4.40. The third kappa shape index (κ3) is 5.81. The van der Waals surface area contributed by atoms with Gasteiger partial charge in [0.2, 0.25) is 0 Å². The summed E-state index contributed by atoms with van der Waals surface area (Å²) in [7, 11) is 0. The first-order valence-corrected chi connectivity index (χ1v) is 7.59. The summed E-state index contributed by atoms with van der Waals surface area (Å²) in [6.45, 7) is 0. The average Bonchev–Trinajstić information content (AvgIpc) is 2.16. The minimum atomic E-state index is -3.69. The molecule has 80 valence electrons. The summed E-state index contributed by atoms with van der Waals surface area (Å²) < 4.78 is 9.30. The van der Waals surface area contributed by atoms with Crippen LogP contribution in [0.15, 0.2) is 48.5 Å². The van der Waals surface area contributed by atoms with E-state index in [0.717, 1.165) is 0 Å². The number of rotatable bonds is 0. The van der Waals surface area contributed by atoms with E-state index in [-0.39, 0.29) is 0 Å². The lowest BCUT2D eigenvalue weighted by molar-refractivity contribution is 0.512. The highest BCUT2D eigenvalue weighted by atomic mass is 35.9. The second-order valence-electron chi connectivity index (χ2n) is 2.78. The standard InChI is InChI=1S/C10H8.Cl2HO2P/c1-2-6-10-8-4-3-7-9(10)5-1;1-5(2,3)4/h1-8H;(H,3,4). The summed E-state index contributed by atoms with van der Waals surface area (Å²) >= 11 is 8.81. The van der Waals surface area contributed by atoms with Crippen molar-refractivity contribution in [3.63, 3.8) is 0 Å². The summed E-state index contributed by atoms with van der Waals surface area (Å²) in [6, 6.07) is 16.7. The molecule has 0 atom stereocenters. The van der Waals surface area contributed by atoms with Crippen LogP contribution in [0.4, 0.5) is 0 Å². The quantitative estimate of drug-likeness (QED) is 0.715. The Hall–Kier alpha value is -0.530. The summed E-state index contributed by atoms with van der Waals surface area (Å²) in [5.41, 5.74) is 0. The van der Waals surface area contributed by atoms with Crippen molar-refractivity contribution in [2.24, 2.45) is 0 Å². The molecule has 0 bridgehead atoms. The van der Waals surface area contributed by atoms with E-state index >= 15 is 0 Å². The lowest BCUT2D eigenvalue weighted by Crippen LogP contribution is -1.67. The van der Waals surface area contributed by atoms with E-state index in [1.54, 1.807) is 0 Å². The fourth-order valence-electron chi connectivity index (χ4n) is 1.13. The van der Waals surface area contributed by atoms with E-state index in [1.807, 2.05) is 0 Å². The zero-order valence-electron chi connectivity index (χ0n) is 7.68. The molecule has 0 aliphatic rings. The summed E-state index contributed by atoms with van der Waals surface area (Å²) in [5, 5.41) is 2.62. The molecule has 2 aromatic rings. The van der Waals surface area contributed by atoms with E-state index in [0.29, 0.717) is 0 Å². The van der Waals surface area contributed by atoms with Crippen molar-refractivity contribution >= 4 is 39.3 Å². The van der Waals surface area contributed by atoms with Crippen LogP contribution in [-0.4, -0.2) is 4.89 Å². The fourth-order valence-corrected chi connectivity index (χ4v) is 1.13. The smallest absolute Gasteiger partial charge is 0.322 e. The molecule has 0 aromatic heterocycles. The van der Waals surface area contributed by atoms with Gasteiger partial charge in [-0.25, -0.2) is 0 Å². The number of halogens is 2. The maximum Gasteiger partial charge on any atom is 0.377 e. The lowest BCUT2D eigenvalue weighted by Gasteiger charge is -1.92. The molecule has 0 spiro atoms. The van der Waals surface area contributed by atoms with Crippen LogP contribution < -0.4 is 0 Å². The highest BCUT2D eigenvalue weighted by Gasteiger charge is 2.02. The van der Waals surface area contributed by atoms with Gasteiger partial charge in [-0.15, -0.1) is 0 Å². The maximum absolute atomic E-state index is 9.30. The van der Waals surface area contributed by atoms with E-state index in [1.165, 1.54) is 10.8 Å². The molecule has 1 N–H and O–H groups in total. The third-order valence-electron chi connectivity index (χ3n) is 1.66. The van der Waals surface area contributed by atoms with Gasteiger partial charge >= 0.3 is 6.07 Å². The molecule has 0 heterocycles. The van der Waals surface area contributed by atoms with Crippen molar-refractivity contribution in [1.29, 1.82) is 0 Å². The lowest BCUT2D eigenvalue weighted by atomic mass is 10.1. The minimum absolute atomic E-state index is 1.31. The van der Waals surface area contributed by atoms with Crippen LogP contribution in [0.5, 0.6) is 0 Å². The molecule has 2 rings (SSSR count). The molecule has 15 heavy (non-hydrogen) atoms. The zero-order valence-corrected chi connectivity index (χ0v) is 10.1. The van der Waals surface area contributed by atoms with Gasteiger partial charge in [0.1, 0.15) is 0 Å². The molecule has 0 amide bonds. The van der Waals surface area contributed by atoms with Gasteiger partial charge in [-0.1, -0.05) is 48.5 Å². The molecule has 0 saturated carbocycles. The molecule has 0 unspecified atom stereocenters. The highest BCUT2D eigenvalue weighted by molar-refractivity contribution is 8.04. The van der Waals surface area contributed by atoms with Gasteiger partial charge < -0.3 is 4.89 Å². The van der Waals surface area contributed by atoms with Crippen molar-refractivity contribution < 1.29 is 9.46 Å². The van der Waals surface area contributed by atoms with Crippen LogP contribution in [0.1, 0.15) is 0 Å². The van der Waals surface area contributed by atoms with Gasteiger partial charge in [0.05, 0.1) is 0 Å². The molecule has 5 heteroatoms. The molecule has 0 fully saturated rings. The fraction of sp³-hybridized carbons (Fsp3) is 0. The van der Waals surface area contributed by atoms with Crippen molar-refractivity contribution in [3.05, 3.63) is 48.5 Å². The Bertz CT molecular complexity index is 408. The Morgan fingerprint density at radius 1 is 0.867 bits per heavy atom. The van der Waals surface area contributed by atoms with Crippen LogP contribution >= 0.6 is 28.6 Å². The van der Waals surface area contributed by atoms with E-state index in [4.69, 9.17) is 4.89 Å². The largest absolute Gasteiger partial charge is 0.377 e. The average molecular weight is 263 g/mol. The van der Waals surface area contributed by atoms with Crippen LogP contribution in [0.3, 0.4) is 0 Å². The molecule has 0 saturated heterocycles. The first kappa shape index (κ1) is 12.5. The Morgan fingerprint density at radius 2 is 1.07 bits per heavy atom. The van der Waals surface area contributed by atoms with Crippen LogP contribution in [0.25, 0.3) is 10.8 Å². The van der Waals surface area contributed by atoms with Crippen molar-refractivity contribution in [2.45, 2.75) is 0 Å². The van der Waals surface area contributed by atoms with E-state index < -0.39 is 6.07 Å². The third-order valence-corrected chi connectivity index (χ3v) is 1.66. The van der Waals surface area contributed by atoms with Crippen LogP contribution in [0.2, 0.25) is 0 Å². The van der Waals surface area contributed by atoms with Crippen molar-refractivity contribution in [2.75, 3.05) is 0 Å². The zero-order chi connectivity index (χ0) is 11.3. The normalized spacial score (nSPS) is 10.6. The van der Waals surface area contributed by atoms with Gasteiger partial charge in [0, 0.05) is 0 Å². The molecule has 0 aliphatic heterocycles. The van der Waals surface area contributed by atoms with Gasteiger partial charge in [-0.3, -0.25) is 4.57 Å². The first-order valence-electron chi connectivity index (χ1n) is 4.13. The Morgan fingerprint density at radius 3 is 1.27 bits per heavy atom. The number of fused-ring (bicyclic) bond motifs is 1. The van der Waals surface area contributed by atoms with E-state index in [9.17, 15) is 4.57 Å². The number of hydrogen-bond donors (Lipinski definition) is 1. The second-order valence-corrected chi connectivity index (χ2v) is 6.92. The number of hydrogen-bond acceptors (Lipinski definition) is 1. The molecule has 2 nitrogen and oxygen atoms in total. The molecule has 0 aliphatic carbocycles. The molecular weight excluding hydrogens is 254 g/mol. The maximum atomic E-state index is 9.30. The number of benzene rings is 2. The van der Waals surface area contributed by atoms with Gasteiger partial charge in [0.25, 0.3) is 0 Å². The Labute approximate surface area is 97.5 Å². The summed E-state index contributed by atoms with van der Waals surface area (Å²) in [4.78, 5) is 7.61. The summed E-state index contributed by atoms with van der Waals surface area (Å²) in [5.74, 6) is 0. The van der Waals surface area contributed by atoms with E-state index in [2.05, 4.69) is 71.0 Å². The highest BCUT2D eigenvalue weighted by Crippen LogP contribution is 2.51. The Balaban J connectivity index is 0.000000195. The van der Waals surface area contributed by atoms with Crippen LogP contribution in [-0.2, 0) is 4.57 Å². The van der Waals surface area contributed by atoms with Crippen molar-refractivity contribution in [3.8, 4) is 0 Å². The van der Waals surface area contributed by atoms with Gasteiger partial charge in [-0.05, 0) is 33.3 Å². The summed E-state index contributed by atoms with van der Waals surface area (Å²) in [6.07, 6.45) is -3.69. The Kier molecular flexibility index (Phi) is 4.62. The second kappa shape index (κ2) is 5.53. The molecular formula is C10H9Cl2O2P.